The van der Waals surface area contributed by atoms with E-state index >= 15 is 0 Å². The molecule has 0 aliphatic carbocycles. The van der Waals surface area contributed by atoms with Gasteiger partial charge in [-0.1, -0.05) is 66.4 Å². The SMILES string of the molecule is O=C(CN1C(=O)/C(=C\c2ccc(C(F)(F)F)cc2)Sc2ccccc21)NCCc1ccccc1. The summed E-state index contributed by atoms with van der Waals surface area (Å²) in [5.41, 5.74) is 1.44. The molecule has 0 bridgehead atoms. The summed E-state index contributed by atoms with van der Waals surface area (Å²) in [6, 6.07) is 21.6. The minimum atomic E-state index is -4.43. The van der Waals surface area contributed by atoms with Crippen molar-refractivity contribution in [2.45, 2.75) is 17.5 Å². The van der Waals surface area contributed by atoms with E-state index in [-0.39, 0.29) is 18.4 Å². The van der Waals surface area contributed by atoms with Crippen LogP contribution in [0.3, 0.4) is 0 Å². The number of hydrogen-bond acceptors (Lipinski definition) is 3. The first-order valence-electron chi connectivity index (χ1n) is 10.6. The number of carbonyl (C=O) groups is 2. The zero-order chi connectivity index (χ0) is 24.1. The molecule has 2 amide bonds. The highest BCUT2D eigenvalue weighted by Gasteiger charge is 2.31. The van der Waals surface area contributed by atoms with Gasteiger partial charge in [0, 0.05) is 11.4 Å². The van der Waals surface area contributed by atoms with Gasteiger partial charge in [0.1, 0.15) is 6.54 Å². The second-order valence-electron chi connectivity index (χ2n) is 7.67. The number of rotatable bonds is 6. The van der Waals surface area contributed by atoms with Crippen LogP contribution in [0, 0.1) is 0 Å². The molecule has 0 saturated carbocycles. The second-order valence-corrected chi connectivity index (χ2v) is 8.76. The fraction of sp³-hybridized carbons (Fsp3) is 0.154. The summed E-state index contributed by atoms with van der Waals surface area (Å²) >= 11 is 1.23. The predicted molar refractivity (Wildman–Crippen MR) is 127 cm³/mol. The summed E-state index contributed by atoms with van der Waals surface area (Å²) in [7, 11) is 0. The lowest BCUT2D eigenvalue weighted by Gasteiger charge is -2.29. The molecule has 4 rings (SSSR count). The maximum atomic E-state index is 13.2. The quantitative estimate of drug-likeness (QED) is 0.469. The molecule has 1 heterocycles. The highest BCUT2D eigenvalue weighted by Crippen LogP contribution is 2.42. The molecular formula is C26H21F3N2O2S. The van der Waals surface area contributed by atoms with Crippen molar-refractivity contribution in [3.05, 3.63) is 100 Å². The van der Waals surface area contributed by atoms with Crippen molar-refractivity contribution in [3.63, 3.8) is 0 Å². The topological polar surface area (TPSA) is 49.4 Å². The van der Waals surface area contributed by atoms with E-state index in [1.807, 2.05) is 42.5 Å². The Morgan fingerprint density at radius 3 is 2.32 bits per heavy atom. The molecule has 1 aliphatic heterocycles. The molecule has 0 unspecified atom stereocenters. The third kappa shape index (κ3) is 5.69. The third-order valence-electron chi connectivity index (χ3n) is 5.25. The Bertz CT molecular complexity index is 1210. The highest BCUT2D eigenvalue weighted by molar-refractivity contribution is 8.04. The molecular weight excluding hydrogens is 461 g/mol. The van der Waals surface area contributed by atoms with Gasteiger partial charge in [0.05, 0.1) is 16.2 Å². The van der Waals surface area contributed by atoms with Crippen LogP contribution in [0.5, 0.6) is 0 Å². The van der Waals surface area contributed by atoms with Crippen LogP contribution in [0.15, 0.2) is 88.7 Å². The molecule has 0 saturated heterocycles. The number of amides is 2. The van der Waals surface area contributed by atoms with Gasteiger partial charge in [-0.05, 0) is 47.9 Å². The third-order valence-corrected chi connectivity index (χ3v) is 6.33. The molecule has 0 aromatic heterocycles. The molecule has 174 valence electrons. The van der Waals surface area contributed by atoms with E-state index in [0.29, 0.717) is 29.1 Å². The van der Waals surface area contributed by atoms with E-state index in [4.69, 9.17) is 0 Å². The summed E-state index contributed by atoms with van der Waals surface area (Å²) < 4.78 is 38.5. The first kappa shape index (κ1) is 23.6. The first-order chi connectivity index (χ1) is 16.3. The van der Waals surface area contributed by atoms with E-state index in [0.717, 1.165) is 22.6 Å². The van der Waals surface area contributed by atoms with Crippen LogP contribution in [0.1, 0.15) is 16.7 Å². The standard InChI is InChI=1S/C26H21F3N2O2S/c27-26(28,29)20-12-10-19(11-13-20)16-23-25(33)31(21-8-4-5-9-22(21)34-23)17-24(32)30-15-14-18-6-2-1-3-7-18/h1-13,16H,14-15,17H2,(H,30,32)/b23-16+. The maximum Gasteiger partial charge on any atom is 0.416 e. The Balaban J connectivity index is 1.49. The molecule has 3 aromatic rings. The van der Waals surface area contributed by atoms with Crippen LogP contribution in [0.25, 0.3) is 6.08 Å². The summed E-state index contributed by atoms with van der Waals surface area (Å²) in [6.45, 7) is 0.283. The number of benzene rings is 3. The van der Waals surface area contributed by atoms with Crippen LogP contribution in [0.4, 0.5) is 18.9 Å². The minimum Gasteiger partial charge on any atom is -0.354 e. The van der Waals surface area contributed by atoms with Gasteiger partial charge in [0.25, 0.3) is 5.91 Å². The predicted octanol–water partition coefficient (Wildman–Crippen LogP) is 5.54. The molecule has 1 aliphatic rings. The van der Waals surface area contributed by atoms with Gasteiger partial charge in [0.15, 0.2) is 0 Å². The number of thioether (sulfide) groups is 1. The van der Waals surface area contributed by atoms with E-state index in [9.17, 15) is 22.8 Å². The summed E-state index contributed by atoms with van der Waals surface area (Å²) in [6.07, 6.45) is -2.21. The number of anilines is 1. The van der Waals surface area contributed by atoms with Crippen molar-refractivity contribution >= 4 is 35.3 Å². The Morgan fingerprint density at radius 1 is 0.941 bits per heavy atom. The molecule has 0 fully saturated rings. The van der Waals surface area contributed by atoms with Crippen LogP contribution < -0.4 is 10.2 Å². The second kappa shape index (κ2) is 10.2. The summed E-state index contributed by atoms with van der Waals surface area (Å²) in [5, 5.41) is 2.85. The Kier molecular flexibility index (Phi) is 7.07. The minimum absolute atomic E-state index is 0.157. The smallest absolute Gasteiger partial charge is 0.354 e. The van der Waals surface area contributed by atoms with Crippen LogP contribution in [0.2, 0.25) is 0 Å². The van der Waals surface area contributed by atoms with E-state index < -0.39 is 11.7 Å². The zero-order valence-electron chi connectivity index (χ0n) is 18.0. The lowest BCUT2D eigenvalue weighted by molar-refractivity contribution is -0.137. The lowest BCUT2D eigenvalue weighted by atomic mass is 10.1. The number of nitrogens with zero attached hydrogens (tertiary/aromatic N) is 1. The number of para-hydroxylation sites is 1. The molecule has 34 heavy (non-hydrogen) atoms. The van der Waals surface area contributed by atoms with Gasteiger partial charge >= 0.3 is 6.18 Å². The number of alkyl halides is 3. The molecule has 0 atom stereocenters. The number of hydrogen-bond donors (Lipinski definition) is 1. The molecule has 0 radical (unpaired) electrons. The normalized spacial score (nSPS) is 14.7. The number of fused-ring (bicyclic) bond motifs is 1. The molecule has 1 N–H and O–H groups in total. The van der Waals surface area contributed by atoms with E-state index in [2.05, 4.69) is 5.32 Å². The monoisotopic (exact) mass is 482 g/mol. The molecule has 0 spiro atoms. The van der Waals surface area contributed by atoms with Gasteiger partial charge in [-0.2, -0.15) is 13.2 Å². The van der Waals surface area contributed by atoms with Crippen LogP contribution in [-0.4, -0.2) is 24.9 Å². The van der Waals surface area contributed by atoms with Crippen molar-refractivity contribution < 1.29 is 22.8 Å². The van der Waals surface area contributed by atoms with Crippen molar-refractivity contribution in [3.8, 4) is 0 Å². The maximum absolute atomic E-state index is 13.2. The number of nitrogens with one attached hydrogen (secondary N) is 1. The first-order valence-corrected chi connectivity index (χ1v) is 11.4. The van der Waals surface area contributed by atoms with Crippen LogP contribution >= 0.6 is 11.8 Å². The fourth-order valence-electron chi connectivity index (χ4n) is 3.53. The highest BCUT2D eigenvalue weighted by atomic mass is 32.2. The number of carbonyl (C=O) groups excluding carboxylic acids is 2. The zero-order valence-corrected chi connectivity index (χ0v) is 18.8. The van der Waals surface area contributed by atoms with Gasteiger partial charge in [-0.25, -0.2) is 0 Å². The largest absolute Gasteiger partial charge is 0.416 e. The molecule has 4 nitrogen and oxygen atoms in total. The summed E-state index contributed by atoms with van der Waals surface area (Å²) in [5.74, 6) is -0.665. The van der Waals surface area contributed by atoms with Gasteiger partial charge in [-0.3, -0.25) is 14.5 Å². The van der Waals surface area contributed by atoms with Crippen molar-refractivity contribution in [2.75, 3.05) is 18.0 Å². The number of halogens is 3. The van der Waals surface area contributed by atoms with Gasteiger partial charge in [0.2, 0.25) is 5.91 Å². The van der Waals surface area contributed by atoms with Crippen LogP contribution in [-0.2, 0) is 22.2 Å². The lowest BCUT2D eigenvalue weighted by Crippen LogP contribution is -2.43. The average molecular weight is 483 g/mol. The molecule has 8 heteroatoms. The van der Waals surface area contributed by atoms with Crippen molar-refractivity contribution in [2.24, 2.45) is 0 Å². The van der Waals surface area contributed by atoms with Gasteiger partial charge in [-0.15, -0.1) is 0 Å². The average Bonchev–Trinajstić information content (AvgIpc) is 2.82. The van der Waals surface area contributed by atoms with Gasteiger partial charge < -0.3 is 5.32 Å². The molecule has 3 aromatic carbocycles. The fourth-order valence-corrected chi connectivity index (χ4v) is 4.59. The Hall–Kier alpha value is -3.52. The van der Waals surface area contributed by atoms with Crippen molar-refractivity contribution in [1.29, 1.82) is 0 Å². The Labute approximate surface area is 199 Å². The van der Waals surface area contributed by atoms with Crippen molar-refractivity contribution in [1.82, 2.24) is 5.32 Å². The van der Waals surface area contributed by atoms with E-state index in [1.165, 1.54) is 28.8 Å². The summed E-state index contributed by atoms with van der Waals surface area (Å²) in [4.78, 5) is 28.4. The van der Waals surface area contributed by atoms with E-state index in [1.54, 1.807) is 18.2 Å². The Morgan fingerprint density at radius 2 is 1.62 bits per heavy atom.